The van der Waals surface area contributed by atoms with Crippen LogP contribution in [0.2, 0.25) is 10.0 Å². The predicted molar refractivity (Wildman–Crippen MR) is 81.4 cm³/mol. The maximum atomic E-state index is 12.2. The van der Waals surface area contributed by atoms with Gasteiger partial charge in [0.2, 0.25) is 0 Å². The average Bonchev–Trinajstić information content (AvgIpc) is 2.39. The van der Waals surface area contributed by atoms with Crippen LogP contribution in [0.4, 0.5) is 0 Å². The molecule has 0 spiro atoms. The van der Waals surface area contributed by atoms with Gasteiger partial charge in [0.1, 0.15) is 0 Å². The fourth-order valence-corrected chi connectivity index (χ4v) is 2.38. The lowest BCUT2D eigenvalue weighted by Crippen LogP contribution is -2.26. The largest absolute Gasteiger partial charge is 0.293 e. The number of Topliss-reactive ketones (excluding diaryl/α,β-unsaturated/α-hetero) is 1. The molecule has 20 heavy (non-hydrogen) atoms. The van der Waals surface area contributed by atoms with Crippen molar-refractivity contribution in [3.63, 3.8) is 0 Å². The zero-order valence-electron chi connectivity index (χ0n) is 11.0. The summed E-state index contributed by atoms with van der Waals surface area (Å²) in [5.74, 6) is -0.0369. The quantitative estimate of drug-likeness (QED) is 0.790. The maximum absolute atomic E-state index is 12.2. The summed E-state index contributed by atoms with van der Waals surface area (Å²) in [6, 6.07) is 10.6. The molecule has 0 bridgehead atoms. The summed E-state index contributed by atoms with van der Waals surface area (Å²) in [6.45, 7) is 0.885. The molecule has 0 saturated heterocycles. The van der Waals surface area contributed by atoms with Gasteiger partial charge >= 0.3 is 0 Å². The molecule has 0 amide bonds. The first-order valence-corrected chi connectivity index (χ1v) is 6.88. The number of halogens is 2. The Labute approximate surface area is 128 Å². The molecule has 104 valence electrons. The Morgan fingerprint density at radius 1 is 1.25 bits per heavy atom. The first kappa shape index (κ1) is 15.0. The molecule has 1 aromatic carbocycles. The third kappa shape index (κ3) is 4.04. The van der Waals surface area contributed by atoms with Crippen LogP contribution in [0.25, 0.3) is 0 Å². The minimum Gasteiger partial charge on any atom is -0.293 e. The summed E-state index contributed by atoms with van der Waals surface area (Å²) in [5.41, 5.74) is 1.41. The van der Waals surface area contributed by atoms with E-state index in [1.807, 2.05) is 30.1 Å². The van der Waals surface area contributed by atoms with E-state index in [1.165, 1.54) is 0 Å². The number of ketones is 1. The third-order valence-electron chi connectivity index (χ3n) is 2.80. The van der Waals surface area contributed by atoms with Crippen LogP contribution in [-0.4, -0.2) is 29.3 Å². The molecule has 1 aromatic heterocycles. The summed E-state index contributed by atoms with van der Waals surface area (Å²) in [4.78, 5) is 18.3. The highest BCUT2D eigenvalue weighted by atomic mass is 35.5. The molecular formula is C15H14Cl2N2O. The SMILES string of the molecule is CN(CC(=O)c1ccc(Cl)cc1Cl)Cc1ccccn1. The van der Waals surface area contributed by atoms with Crippen LogP contribution in [0.15, 0.2) is 42.6 Å². The van der Waals surface area contributed by atoms with Gasteiger partial charge in [0.05, 0.1) is 17.3 Å². The highest BCUT2D eigenvalue weighted by molar-refractivity contribution is 6.36. The van der Waals surface area contributed by atoms with Gasteiger partial charge in [0, 0.05) is 23.3 Å². The molecule has 0 atom stereocenters. The van der Waals surface area contributed by atoms with E-state index in [-0.39, 0.29) is 12.3 Å². The van der Waals surface area contributed by atoms with E-state index in [2.05, 4.69) is 4.98 Å². The van der Waals surface area contributed by atoms with Crippen molar-refractivity contribution in [2.45, 2.75) is 6.54 Å². The molecule has 3 nitrogen and oxygen atoms in total. The molecule has 2 aromatic rings. The second kappa shape index (κ2) is 6.84. The molecule has 0 radical (unpaired) electrons. The maximum Gasteiger partial charge on any atom is 0.178 e. The van der Waals surface area contributed by atoms with Crippen molar-refractivity contribution in [2.24, 2.45) is 0 Å². The number of hydrogen-bond acceptors (Lipinski definition) is 3. The highest BCUT2D eigenvalue weighted by Crippen LogP contribution is 2.21. The van der Waals surface area contributed by atoms with Gasteiger partial charge in [-0.2, -0.15) is 0 Å². The van der Waals surface area contributed by atoms with Crippen LogP contribution in [0.5, 0.6) is 0 Å². The smallest absolute Gasteiger partial charge is 0.178 e. The van der Waals surface area contributed by atoms with Crippen molar-refractivity contribution in [1.29, 1.82) is 0 Å². The standard InChI is InChI=1S/C15H14Cl2N2O/c1-19(9-12-4-2-3-7-18-12)10-15(20)13-6-5-11(16)8-14(13)17/h2-8H,9-10H2,1H3. The second-order valence-electron chi connectivity index (χ2n) is 4.54. The molecule has 0 saturated carbocycles. The van der Waals surface area contributed by atoms with Crippen LogP contribution in [0.1, 0.15) is 16.1 Å². The van der Waals surface area contributed by atoms with E-state index >= 15 is 0 Å². The van der Waals surface area contributed by atoms with Gasteiger partial charge in [-0.25, -0.2) is 0 Å². The lowest BCUT2D eigenvalue weighted by atomic mass is 10.1. The lowest BCUT2D eigenvalue weighted by Gasteiger charge is -2.15. The van der Waals surface area contributed by atoms with Crippen LogP contribution >= 0.6 is 23.2 Å². The van der Waals surface area contributed by atoms with Crippen molar-refractivity contribution in [3.05, 3.63) is 63.9 Å². The van der Waals surface area contributed by atoms with E-state index in [9.17, 15) is 4.79 Å². The minimum atomic E-state index is -0.0369. The zero-order chi connectivity index (χ0) is 14.5. The summed E-state index contributed by atoms with van der Waals surface area (Å²) < 4.78 is 0. The molecule has 0 fully saturated rings. The van der Waals surface area contributed by atoms with Crippen molar-refractivity contribution in [3.8, 4) is 0 Å². The first-order valence-electron chi connectivity index (χ1n) is 6.13. The molecule has 1 heterocycles. The van der Waals surface area contributed by atoms with Gasteiger partial charge in [0.15, 0.2) is 5.78 Å². The zero-order valence-corrected chi connectivity index (χ0v) is 12.5. The molecule has 0 aliphatic rings. The summed E-state index contributed by atoms with van der Waals surface area (Å²) in [5, 5.41) is 0.905. The molecule has 0 unspecified atom stereocenters. The highest BCUT2D eigenvalue weighted by Gasteiger charge is 2.13. The topological polar surface area (TPSA) is 33.2 Å². The summed E-state index contributed by atoms with van der Waals surface area (Å²) in [6.07, 6.45) is 1.74. The monoisotopic (exact) mass is 308 g/mol. The van der Waals surface area contributed by atoms with E-state index in [1.54, 1.807) is 24.4 Å². The van der Waals surface area contributed by atoms with Crippen LogP contribution in [0.3, 0.4) is 0 Å². The fourth-order valence-electron chi connectivity index (χ4n) is 1.87. The predicted octanol–water partition coefficient (Wildman–Crippen LogP) is 3.70. The Morgan fingerprint density at radius 2 is 2.05 bits per heavy atom. The average molecular weight is 309 g/mol. The number of carbonyl (C=O) groups is 1. The minimum absolute atomic E-state index is 0.0369. The Hall–Kier alpha value is -1.42. The third-order valence-corrected chi connectivity index (χ3v) is 3.35. The fraction of sp³-hybridized carbons (Fsp3) is 0.200. The number of pyridine rings is 1. The molecule has 5 heteroatoms. The summed E-state index contributed by atoms with van der Waals surface area (Å²) >= 11 is 11.9. The van der Waals surface area contributed by atoms with Gasteiger partial charge in [-0.1, -0.05) is 29.3 Å². The van der Waals surface area contributed by atoms with Crippen molar-refractivity contribution >= 4 is 29.0 Å². The Bertz CT molecular complexity index is 602. The van der Waals surface area contributed by atoms with Crippen LogP contribution in [0, 0.1) is 0 Å². The van der Waals surface area contributed by atoms with E-state index in [0.29, 0.717) is 22.2 Å². The molecule has 2 rings (SSSR count). The van der Waals surface area contributed by atoms with E-state index in [4.69, 9.17) is 23.2 Å². The Morgan fingerprint density at radius 3 is 2.70 bits per heavy atom. The molecular weight excluding hydrogens is 295 g/mol. The van der Waals surface area contributed by atoms with Crippen molar-refractivity contribution < 1.29 is 4.79 Å². The summed E-state index contributed by atoms with van der Waals surface area (Å²) in [7, 11) is 1.87. The van der Waals surface area contributed by atoms with Gasteiger partial charge in [-0.3, -0.25) is 14.7 Å². The van der Waals surface area contributed by atoms with Gasteiger partial charge < -0.3 is 0 Å². The second-order valence-corrected chi connectivity index (χ2v) is 5.38. The number of hydrogen-bond donors (Lipinski definition) is 0. The molecule has 0 aliphatic carbocycles. The van der Waals surface area contributed by atoms with E-state index in [0.717, 1.165) is 5.69 Å². The molecule has 0 aliphatic heterocycles. The first-order chi connectivity index (χ1) is 9.56. The molecule has 0 N–H and O–H groups in total. The van der Waals surface area contributed by atoms with Crippen molar-refractivity contribution in [1.82, 2.24) is 9.88 Å². The van der Waals surface area contributed by atoms with Crippen LogP contribution in [-0.2, 0) is 6.54 Å². The normalized spacial score (nSPS) is 10.8. The van der Waals surface area contributed by atoms with Gasteiger partial charge in [0.25, 0.3) is 0 Å². The number of aromatic nitrogens is 1. The number of carbonyl (C=O) groups excluding carboxylic acids is 1. The van der Waals surface area contributed by atoms with Gasteiger partial charge in [-0.15, -0.1) is 0 Å². The Balaban J connectivity index is 2.00. The number of rotatable bonds is 5. The van der Waals surface area contributed by atoms with E-state index < -0.39 is 0 Å². The van der Waals surface area contributed by atoms with Crippen molar-refractivity contribution in [2.75, 3.05) is 13.6 Å². The number of likely N-dealkylation sites (N-methyl/N-ethyl adjacent to an activating group) is 1. The number of nitrogens with zero attached hydrogens (tertiary/aromatic N) is 2. The van der Waals surface area contributed by atoms with Gasteiger partial charge in [-0.05, 0) is 37.4 Å². The number of benzene rings is 1. The lowest BCUT2D eigenvalue weighted by molar-refractivity contribution is 0.0942. The Kier molecular flexibility index (Phi) is 5.12. The van der Waals surface area contributed by atoms with Crippen LogP contribution < -0.4 is 0 Å².